The van der Waals surface area contributed by atoms with E-state index in [1.165, 1.54) is 47.6 Å². The number of thiophene rings is 1. The molecule has 0 N–H and O–H groups in total. The molecule has 10 rings (SSSR count). The highest BCUT2D eigenvalue weighted by atomic mass is 32.1. The normalized spacial score (nSPS) is 11.7. The molecule has 4 nitrogen and oxygen atoms in total. The summed E-state index contributed by atoms with van der Waals surface area (Å²) in [6, 6.07) is 56.0. The van der Waals surface area contributed by atoms with E-state index in [0.29, 0.717) is 17.5 Å². The van der Waals surface area contributed by atoms with E-state index < -0.39 is 0 Å². The molecule has 0 fully saturated rings. The molecule has 0 saturated heterocycles. The van der Waals surface area contributed by atoms with Gasteiger partial charge in [-0.05, 0) is 66.4 Å². The molecular formula is C47H32N4S. The first-order valence-corrected chi connectivity index (χ1v) is 18.3. The number of fused-ring (bicyclic) bond motifs is 6. The summed E-state index contributed by atoms with van der Waals surface area (Å²) < 4.78 is 4.96. The fourth-order valence-corrected chi connectivity index (χ4v) is 8.72. The Kier molecular flexibility index (Phi) is 7.08. The van der Waals surface area contributed by atoms with E-state index in [1.807, 2.05) is 47.7 Å². The minimum atomic E-state index is 0.628. The first kappa shape index (κ1) is 30.4. The summed E-state index contributed by atoms with van der Waals surface area (Å²) in [7, 11) is 0. The molecule has 3 aromatic heterocycles. The van der Waals surface area contributed by atoms with Gasteiger partial charge in [-0.3, -0.25) is 0 Å². The molecule has 0 unspecified atom stereocenters. The van der Waals surface area contributed by atoms with Crippen LogP contribution >= 0.6 is 11.3 Å². The molecular weight excluding hydrogens is 653 g/mol. The van der Waals surface area contributed by atoms with Crippen molar-refractivity contribution >= 4 is 53.3 Å². The second-order valence-electron chi connectivity index (χ2n) is 13.4. The molecule has 0 aliphatic carbocycles. The number of aryl methyl sites for hydroxylation is 2. The van der Waals surface area contributed by atoms with Gasteiger partial charge in [-0.2, -0.15) is 0 Å². The van der Waals surface area contributed by atoms with Gasteiger partial charge in [0.1, 0.15) is 0 Å². The molecule has 5 heteroatoms. The summed E-state index contributed by atoms with van der Waals surface area (Å²) in [6.07, 6.45) is 0. The van der Waals surface area contributed by atoms with Crippen LogP contribution in [-0.2, 0) is 0 Å². The van der Waals surface area contributed by atoms with E-state index >= 15 is 0 Å². The van der Waals surface area contributed by atoms with Crippen molar-refractivity contribution in [1.29, 1.82) is 0 Å². The van der Waals surface area contributed by atoms with Crippen molar-refractivity contribution in [3.05, 3.63) is 169 Å². The maximum Gasteiger partial charge on any atom is 0.166 e. The minimum Gasteiger partial charge on any atom is -0.308 e. The Morgan fingerprint density at radius 2 is 1.00 bits per heavy atom. The van der Waals surface area contributed by atoms with Gasteiger partial charge < -0.3 is 4.57 Å². The van der Waals surface area contributed by atoms with Gasteiger partial charge in [0.25, 0.3) is 0 Å². The third-order valence-electron chi connectivity index (χ3n) is 9.97. The van der Waals surface area contributed by atoms with Crippen molar-refractivity contribution in [2.75, 3.05) is 0 Å². The summed E-state index contributed by atoms with van der Waals surface area (Å²) in [6.45, 7) is 4.32. The van der Waals surface area contributed by atoms with E-state index in [9.17, 15) is 0 Å². The average molecular weight is 685 g/mol. The molecule has 10 aromatic rings. The summed E-state index contributed by atoms with van der Waals surface area (Å²) in [5.74, 6) is 1.91. The van der Waals surface area contributed by atoms with Gasteiger partial charge in [0.2, 0.25) is 0 Å². The lowest BCUT2D eigenvalue weighted by Gasteiger charge is -2.17. The summed E-state index contributed by atoms with van der Waals surface area (Å²) >= 11 is 1.85. The van der Waals surface area contributed by atoms with Gasteiger partial charge in [-0.1, -0.05) is 127 Å². The molecule has 0 amide bonds. The number of benzene rings is 7. The molecule has 0 radical (unpaired) electrons. The molecule has 0 aliphatic heterocycles. The molecule has 0 spiro atoms. The highest BCUT2D eigenvalue weighted by molar-refractivity contribution is 7.26. The maximum absolute atomic E-state index is 5.26. The third-order valence-corrected chi connectivity index (χ3v) is 11.2. The van der Waals surface area contributed by atoms with Crippen LogP contribution < -0.4 is 0 Å². The summed E-state index contributed by atoms with van der Waals surface area (Å²) in [4.78, 5) is 15.6. The van der Waals surface area contributed by atoms with Crippen LogP contribution in [0.2, 0.25) is 0 Å². The Bertz CT molecular complexity index is 2860. The first-order chi connectivity index (χ1) is 25.6. The van der Waals surface area contributed by atoms with Gasteiger partial charge in [-0.15, -0.1) is 11.3 Å². The predicted octanol–water partition coefficient (Wildman–Crippen LogP) is 12.6. The Morgan fingerprint density at radius 3 is 1.65 bits per heavy atom. The fraction of sp³-hybridized carbons (Fsp3) is 0.0426. The predicted molar refractivity (Wildman–Crippen MR) is 218 cm³/mol. The van der Waals surface area contributed by atoms with Crippen LogP contribution in [0.4, 0.5) is 0 Å². The Hall–Kier alpha value is -6.43. The molecule has 0 aliphatic rings. The third kappa shape index (κ3) is 5.01. The van der Waals surface area contributed by atoms with Crippen molar-refractivity contribution in [2.24, 2.45) is 0 Å². The molecule has 3 heterocycles. The van der Waals surface area contributed by atoms with Crippen LogP contribution in [-0.4, -0.2) is 19.5 Å². The molecule has 0 bridgehead atoms. The zero-order chi connectivity index (χ0) is 34.8. The lowest BCUT2D eigenvalue weighted by Crippen LogP contribution is -2.04. The highest BCUT2D eigenvalue weighted by Gasteiger charge is 2.21. The monoisotopic (exact) mass is 684 g/mol. The van der Waals surface area contributed by atoms with E-state index in [4.69, 9.17) is 15.0 Å². The number of aromatic nitrogens is 4. The standard InChI is InChI=1S/C47H32N4S/c1-29-20-23-35-36-24-21-30(2)27-42(36)51(41(35)26-29)40-25-22-33(34-17-11-18-38-37-16-9-10-19-43(37)52-44(34)38)28-39(40)47-49-45(31-12-5-3-6-13-31)48-46(50-47)32-14-7-4-8-15-32/h3-28H,1-2H3. The van der Waals surface area contributed by atoms with Crippen molar-refractivity contribution in [1.82, 2.24) is 19.5 Å². The zero-order valence-electron chi connectivity index (χ0n) is 28.7. The van der Waals surface area contributed by atoms with Crippen LogP contribution in [0, 0.1) is 13.8 Å². The van der Waals surface area contributed by atoms with Gasteiger partial charge in [-0.25, -0.2) is 15.0 Å². The Labute approximate surface area is 305 Å². The fourth-order valence-electron chi connectivity index (χ4n) is 7.48. The van der Waals surface area contributed by atoms with Gasteiger partial charge >= 0.3 is 0 Å². The van der Waals surface area contributed by atoms with Crippen molar-refractivity contribution in [3.8, 4) is 51.0 Å². The van der Waals surface area contributed by atoms with E-state index in [2.05, 4.69) is 140 Å². The maximum atomic E-state index is 5.26. The summed E-state index contributed by atoms with van der Waals surface area (Å²) in [5.41, 5.74) is 10.9. The second-order valence-corrected chi connectivity index (χ2v) is 14.5. The van der Waals surface area contributed by atoms with E-state index in [1.54, 1.807) is 0 Å². The first-order valence-electron chi connectivity index (χ1n) is 17.5. The number of hydrogen-bond donors (Lipinski definition) is 0. The van der Waals surface area contributed by atoms with Gasteiger partial charge in [0.05, 0.1) is 16.7 Å². The molecule has 0 saturated carbocycles. The molecule has 0 atom stereocenters. The molecule has 7 aromatic carbocycles. The summed E-state index contributed by atoms with van der Waals surface area (Å²) in [5, 5.41) is 5.00. The smallest absolute Gasteiger partial charge is 0.166 e. The van der Waals surface area contributed by atoms with Crippen molar-refractivity contribution in [2.45, 2.75) is 13.8 Å². The number of hydrogen-bond acceptors (Lipinski definition) is 4. The highest BCUT2D eigenvalue weighted by Crippen LogP contribution is 2.43. The zero-order valence-corrected chi connectivity index (χ0v) is 29.5. The minimum absolute atomic E-state index is 0.628. The number of nitrogens with zero attached hydrogens (tertiary/aromatic N) is 4. The van der Waals surface area contributed by atoms with E-state index in [-0.39, 0.29) is 0 Å². The van der Waals surface area contributed by atoms with Crippen molar-refractivity contribution in [3.63, 3.8) is 0 Å². The quantitative estimate of drug-likeness (QED) is 0.181. The SMILES string of the molecule is Cc1ccc2c3ccc(C)cc3n(-c3ccc(-c4cccc5c4sc4ccccc45)cc3-c3nc(-c4ccccc4)nc(-c4ccccc4)n3)c2c1. The van der Waals surface area contributed by atoms with Crippen molar-refractivity contribution < 1.29 is 0 Å². The molecule has 246 valence electrons. The Balaban J connectivity index is 1.31. The second kappa shape index (κ2) is 12.1. The van der Waals surface area contributed by atoms with Crippen LogP contribution in [0.15, 0.2) is 158 Å². The van der Waals surface area contributed by atoms with Crippen LogP contribution in [0.5, 0.6) is 0 Å². The molecule has 52 heavy (non-hydrogen) atoms. The number of rotatable bonds is 5. The average Bonchev–Trinajstić information content (AvgIpc) is 3.73. The lowest BCUT2D eigenvalue weighted by atomic mass is 9.99. The largest absolute Gasteiger partial charge is 0.308 e. The van der Waals surface area contributed by atoms with Crippen LogP contribution in [0.3, 0.4) is 0 Å². The van der Waals surface area contributed by atoms with Crippen LogP contribution in [0.25, 0.3) is 93.0 Å². The van der Waals surface area contributed by atoms with Gasteiger partial charge in [0.15, 0.2) is 17.5 Å². The van der Waals surface area contributed by atoms with Gasteiger partial charge in [0, 0.05) is 47.6 Å². The van der Waals surface area contributed by atoms with Crippen LogP contribution in [0.1, 0.15) is 11.1 Å². The lowest BCUT2D eigenvalue weighted by molar-refractivity contribution is 1.06. The Morgan fingerprint density at radius 1 is 0.423 bits per heavy atom. The van der Waals surface area contributed by atoms with E-state index in [0.717, 1.165) is 39.0 Å². The topological polar surface area (TPSA) is 43.6 Å².